The quantitative estimate of drug-likeness (QED) is 0.289. The number of anilines is 1. The minimum absolute atomic E-state index is 0.0266. The number of carbonyl (C=O) groups is 1. The van der Waals surface area contributed by atoms with Crippen molar-refractivity contribution in [2.75, 3.05) is 25.2 Å². The van der Waals surface area contributed by atoms with E-state index in [1.807, 2.05) is 72.2 Å². The van der Waals surface area contributed by atoms with Crippen LogP contribution in [0, 0.1) is 6.92 Å². The second-order valence-electron chi connectivity index (χ2n) is 8.91. The zero-order valence-electron chi connectivity index (χ0n) is 21.3. The summed E-state index contributed by atoms with van der Waals surface area (Å²) in [7, 11) is 1.64. The van der Waals surface area contributed by atoms with Gasteiger partial charge in [0.25, 0.3) is 0 Å². The maximum absolute atomic E-state index is 13.7. The Morgan fingerprint density at radius 3 is 2.65 bits per heavy atom. The molecule has 0 aliphatic carbocycles. The monoisotopic (exact) mass is 498 g/mol. The number of methoxy groups -OCH3 is 1. The highest BCUT2D eigenvalue weighted by molar-refractivity contribution is 6.06. The Hall–Kier alpha value is -4.17. The highest BCUT2D eigenvalue weighted by Crippen LogP contribution is 2.36. The molecule has 0 bridgehead atoms. The smallest absolute Gasteiger partial charge is 0.231 e. The van der Waals surface area contributed by atoms with Gasteiger partial charge in [0.05, 0.1) is 51.3 Å². The molecule has 3 heterocycles. The van der Waals surface area contributed by atoms with Crippen LogP contribution in [-0.4, -0.2) is 41.0 Å². The number of benzene rings is 2. The Morgan fingerprint density at radius 1 is 1.08 bits per heavy atom. The third kappa shape index (κ3) is 5.49. The molecule has 4 aromatic rings. The summed E-state index contributed by atoms with van der Waals surface area (Å²) >= 11 is 0. The molecule has 0 fully saturated rings. The maximum atomic E-state index is 13.7. The van der Waals surface area contributed by atoms with E-state index in [9.17, 15) is 4.79 Å². The molecule has 190 valence electrons. The summed E-state index contributed by atoms with van der Waals surface area (Å²) in [5, 5.41) is 4.48. The molecule has 8 nitrogen and oxygen atoms in total. The van der Waals surface area contributed by atoms with Crippen molar-refractivity contribution < 1.29 is 18.7 Å². The summed E-state index contributed by atoms with van der Waals surface area (Å²) in [6.07, 6.45) is 7.71. The topological polar surface area (TPSA) is 82.6 Å². The first-order valence-electron chi connectivity index (χ1n) is 12.4. The van der Waals surface area contributed by atoms with Crippen LogP contribution in [-0.2, 0) is 22.6 Å². The Bertz CT molecular complexity index is 1420. The Balaban J connectivity index is 1.52. The van der Waals surface area contributed by atoms with Crippen LogP contribution < -0.4 is 9.64 Å². The summed E-state index contributed by atoms with van der Waals surface area (Å²) < 4.78 is 18.4. The highest BCUT2D eigenvalue weighted by Gasteiger charge is 2.26. The Kier molecular flexibility index (Phi) is 7.18. The number of aromatic nitrogens is 3. The number of amides is 1. The number of ether oxygens (including phenoxy) is 2. The normalized spacial score (nSPS) is 13.3. The first kappa shape index (κ1) is 24.5. The maximum Gasteiger partial charge on any atom is 0.231 e. The molecule has 0 saturated carbocycles. The third-order valence-corrected chi connectivity index (χ3v) is 6.32. The van der Waals surface area contributed by atoms with E-state index in [1.54, 1.807) is 13.3 Å². The van der Waals surface area contributed by atoms with Crippen LogP contribution in [0.1, 0.15) is 36.1 Å². The Morgan fingerprint density at radius 2 is 1.92 bits per heavy atom. The van der Waals surface area contributed by atoms with Crippen LogP contribution in [0.5, 0.6) is 5.75 Å². The second kappa shape index (κ2) is 10.8. The van der Waals surface area contributed by atoms with Gasteiger partial charge in [-0.2, -0.15) is 5.10 Å². The van der Waals surface area contributed by atoms with Crippen molar-refractivity contribution in [3.05, 3.63) is 83.8 Å². The molecule has 0 saturated heterocycles. The molecule has 1 aliphatic rings. The van der Waals surface area contributed by atoms with Crippen LogP contribution in [0.25, 0.3) is 22.8 Å². The van der Waals surface area contributed by atoms with E-state index in [0.717, 1.165) is 39.3 Å². The fraction of sp³-hybridized carbons (Fsp3) is 0.276. The molecule has 0 atom stereocenters. The van der Waals surface area contributed by atoms with Gasteiger partial charge in [-0.05, 0) is 54.8 Å². The van der Waals surface area contributed by atoms with Gasteiger partial charge < -0.3 is 18.8 Å². The molecule has 1 aliphatic heterocycles. The molecule has 0 spiro atoms. The zero-order chi connectivity index (χ0) is 25.8. The number of hydrogen-bond donors (Lipinski definition) is 0. The summed E-state index contributed by atoms with van der Waals surface area (Å²) in [6, 6.07) is 13.9. The van der Waals surface area contributed by atoms with E-state index in [0.29, 0.717) is 38.0 Å². The molecule has 2 aromatic heterocycles. The van der Waals surface area contributed by atoms with Crippen molar-refractivity contribution in [3.63, 3.8) is 0 Å². The zero-order valence-corrected chi connectivity index (χ0v) is 21.3. The first-order valence-corrected chi connectivity index (χ1v) is 12.4. The summed E-state index contributed by atoms with van der Waals surface area (Å²) in [4.78, 5) is 19.9. The molecule has 5 rings (SSSR count). The van der Waals surface area contributed by atoms with Gasteiger partial charge in [0.15, 0.2) is 0 Å². The number of nitrogens with zero attached hydrogens (tertiary/aromatic N) is 4. The number of rotatable bonds is 9. The summed E-state index contributed by atoms with van der Waals surface area (Å²) in [5.74, 6) is 1.93. The first-order chi connectivity index (χ1) is 18.0. The lowest BCUT2D eigenvalue weighted by atomic mass is 10.0. The lowest BCUT2D eigenvalue weighted by Gasteiger charge is -2.24. The number of fused-ring (bicyclic) bond motifs is 1. The Labute approximate surface area is 216 Å². The molecule has 0 N–H and O–H groups in total. The average Bonchev–Trinajstić information content (AvgIpc) is 3.54. The number of carbonyl (C=O) groups excluding carboxylic acids is 1. The van der Waals surface area contributed by atoms with Crippen molar-refractivity contribution in [2.24, 2.45) is 0 Å². The van der Waals surface area contributed by atoms with E-state index < -0.39 is 0 Å². The minimum Gasteiger partial charge on any atom is -0.497 e. The van der Waals surface area contributed by atoms with Crippen LogP contribution >= 0.6 is 0 Å². The fourth-order valence-corrected chi connectivity index (χ4v) is 4.38. The van der Waals surface area contributed by atoms with Gasteiger partial charge in [-0.3, -0.25) is 9.48 Å². The van der Waals surface area contributed by atoms with Crippen LogP contribution in [0.4, 0.5) is 5.69 Å². The van der Waals surface area contributed by atoms with Crippen LogP contribution in [0.15, 0.2) is 65.5 Å². The lowest BCUT2D eigenvalue weighted by molar-refractivity contribution is -0.117. The van der Waals surface area contributed by atoms with Gasteiger partial charge in [0, 0.05) is 23.9 Å². The van der Waals surface area contributed by atoms with Crippen molar-refractivity contribution >= 4 is 23.2 Å². The molecular formula is C29H30N4O4. The molecule has 37 heavy (non-hydrogen) atoms. The van der Waals surface area contributed by atoms with Gasteiger partial charge in [-0.25, -0.2) is 4.98 Å². The number of oxazole rings is 1. The van der Waals surface area contributed by atoms with Gasteiger partial charge in [-0.1, -0.05) is 24.3 Å². The molecule has 1 amide bonds. The van der Waals surface area contributed by atoms with E-state index in [-0.39, 0.29) is 12.3 Å². The van der Waals surface area contributed by atoms with E-state index in [1.165, 1.54) is 0 Å². The average molecular weight is 499 g/mol. The largest absolute Gasteiger partial charge is 0.497 e. The van der Waals surface area contributed by atoms with Crippen molar-refractivity contribution in [1.82, 2.24) is 14.8 Å². The number of hydrogen-bond acceptors (Lipinski definition) is 6. The standard InChI is InChI=1S/C29H30N4O4/c1-4-36-12-11-32-19-25(17-31-32)22-7-8-23-13-24(29-30-16-20(2)37-29)15-28(34)33(27(23)14-22)18-21-5-9-26(35-3)10-6-21/h5-10,13-14,16-17,19H,4,11-12,15,18H2,1-3H3. The minimum atomic E-state index is -0.0266. The van der Waals surface area contributed by atoms with Gasteiger partial charge in [-0.15, -0.1) is 0 Å². The molecular weight excluding hydrogens is 468 g/mol. The van der Waals surface area contributed by atoms with Crippen LogP contribution in [0.3, 0.4) is 0 Å². The summed E-state index contributed by atoms with van der Waals surface area (Å²) in [6.45, 7) is 6.23. The number of aryl methyl sites for hydroxylation is 1. The predicted molar refractivity (Wildman–Crippen MR) is 142 cm³/mol. The van der Waals surface area contributed by atoms with Crippen molar-refractivity contribution in [1.29, 1.82) is 0 Å². The van der Waals surface area contributed by atoms with Gasteiger partial charge >= 0.3 is 0 Å². The summed E-state index contributed by atoms with van der Waals surface area (Å²) in [5.41, 5.74) is 5.49. The molecule has 2 aromatic carbocycles. The SMILES string of the molecule is CCOCCn1cc(-c2ccc3c(c2)N(Cc2ccc(OC)cc2)C(=O)CC(c2ncc(C)o2)=C3)cn1. The molecule has 0 radical (unpaired) electrons. The van der Waals surface area contributed by atoms with Crippen molar-refractivity contribution in [3.8, 4) is 16.9 Å². The molecule has 0 unspecified atom stereocenters. The molecule has 8 heteroatoms. The second-order valence-corrected chi connectivity index (χ2v) is 8.91. The highest BCUT2D eigenvalue weighted by atomic mass is 16.5. The van der Waals surface area contributed by atoms with Crippen LogP contribution in [0.2, 0.25) is 0 Å². The van der Waals surface area contributed by atoms with E-state index in [4.69, 9.17) is 13.9 Å². The predicted octanol–water partition coefficient (Wildman–Crippen LogP) is 5.37. The van der Waals surface area contributed by atoms with E-state index >= 15 is 0 Å². The lowest BCUT2D eigenvalue weighted by Crippen LogP contribution is -2.30. The third-order valence-electron chi connectivity index (χ3n) is 6.32. The van der Waals surface area contributed by atoms with E-state index in [2.05, 4.69) is 22.2 Å². The fourth-order valence-electron chi connectivity index (χ4n) is 4.38. The van der Waals surface area contributed by atoms with Crippen molar-refractivity contribution in [2.45, 2.75) is 33.4 Å². The van der Waals surface area contributed by atoms with Gasteiger partial charge in [0.1, 0.15) is 11.5 Å². The van der Waals surface area contributed by atoms with Gasteiger partial charge in [0.2, 0.25) is 11.8 Å².